The van der Waals surface area contributed by atoms with Crippen molar-refractivity contribution in [3.05, 3.63) is 36.5 Å². The van der Waals surface area contributed by atoms with Gasteiger partial charge in [-0.15, -0.1) is 0 Å². The second-order valence-corrected chi connectivity index (χ2v) is 5.07. The highest BCUT2D eigenvalue weighted by Crippen LogP contribution is 2.29. The molecule has 0 aromatic carbocycles. The van der Waals surface area contributed by atoms with Gasteiger partial charge in [0, 0.05) is 21.5 Å². The summed E-state index contributed by atoms with van der Waals surface area (Å²) in [5.74, 6) is -0.812. The summed E-state index contributed by atoms with van der Waals surface area (Å²) in [5.41, 5.74) is 0. The van der Waals surface area contributed by atoms with Gasteiger partial charge < -0.3 is 9.84 Å². The average Bonchev–Trinajstić information content (AvgIpc) is 3.43. The van der Waals surface area contributed by atoms with Crippen LogP contribution in [0, 0.1) is 0 Å². The first-order chi connectivity index (χ1) is 15.4. The fraction of sp³-hybridized carbons (Fsp3) is 0.650. The Morgan fingerprint density at radius 3 is 2.61 bits per heavy atom. The van der Waals surface area contributed by atoms with Gasteiger partial charge in [0.05, 0.1) is 12.2 Å². The number of epoxide rings is 1. The van der Waals surface area contributed by atoms with Gasteiger partial charge >= 0.3 is 5.97 Å². The highest BCUT2D eigenvalue weighted by atomic mass is 16.6. The van der Waals surface area contributed by atoms with Gasteiger partial charge in [0.25, 0.3) is 0 Å². The topological polar surface area (TPSA) is 49.8 Å². The fourth-order valence-electron chi connectivity index (χ4n) is 1.95. The van der Waals surface area contributed by atoms with Gasteiger partial charge in [-0.3, -0.25) is 4.79 Å². The molecule has 2 atom stereocenters. The molecule has 0 saturated carbocycles. The summed E-state index contributed by atoms with van der Waals surface area (Å²) in [6, 6.07) is 0. The van der Waals surface area contributed by atoms with Gasteiger partial charge in [0.2, 0.25) is 0 Å². The van der Waals surface area contributed by atoms with Crippen LogP contribution in [-0.2, 0) is 9.53 Å². The monoisotopic (exact) mass is 331 g/mol. The first kappa shape index (κ1) is 8.66. The zero-order valence-corrected chi connectivity index (χ0v) is 13.1. The number of unbranched alkanes of at least 4 members (excludes halogenated alkanes) is 1. The van der Waals surface area contributed by atoms with Crippen LogP contribution in [0.2, 0.25) is 0 Å². The molecule has 1 aliphatic rings. The maximum atomic E-state index is 10.4. The Hall–Kier alpha value is -1.35. The minimum atomic E-state index is -3.64. The summed E-state index contributed by atoms with van der Waals surface area (Å²) in [6.07, 6.45) is -1.05. The molecule has 0 aliphatic carbocycles. The van der Waals surface area contributed by atoms with Crippen molar-refractivity contribution in [3.63, 3.8) is 0 Å². The third kappa shape index (κ3) is 11.8. The molecule has 1 fully saturated rings. The normalized spacial score (nSPS) is 31.0. The number of aliphatic carboxylic acids is 1. The number of rotatable bonds is 14. The summed E-state index contributed by atoms with van der Waals surface area (Å²) >= 11 is 0. The van der Waals surface area contributed by atoms with Crippen molar-refractivity contribution >= 4 is 5.97 Å². The molecule has 0 radical (unpaired) electrons. The van der Waals surface area contributed by atoms with Gasteiger partial charge in [-0.1, -0.05) is 56.1 Å². The van der Waals surface area contributed by atoms with E-state index in [0.29, 0.717) is 19.3 Å². The molecule has 3 heteroatoms. The van der Waals surface area contributed by atoms with Crippen LogP contribution in [0.15, 0.2) is 36.5 Å². The molecule has 0 amide bonds. The Balaban J connectivity index is 2.51. The molecule has 1 rings (SSSR count). The molecule has 23 heavy (non-hydrogen) atoms. The van der Waals surface area contributed by atoms with E-state index < -0.39 is 38.3 Å². The van der Waals surface area contributed by atoms with Crippen molar-refractivity contribution in [1.29, 1.82) is 0 Å². The summed E-state index contributed by atoms with van der Waals surface area (Å²) in [5, 5.41) is 8.57. The van der Waals surface area contributed by atoms with Crippen molar-refractivity contribution in [1.82, 2.24) is 0 Å². The lowest BCUT2D eigenvalue weighted by atomic mass is 10.1. The van der Waals surface area contributed by atoms with Crippen molar-refractivity contribution in [2.75, 3.05) is 0 Å². The lowest BCUT2D eigenvalue weighted by molar-refractivity contribution is -0.137. The average molecular weight is 332 g/mol. The summed E-state index contributed by atoms with van der Waals surface area (Å²) in [6.45, 7) is -3.48. The SMILES string of the molecule is [2H]C([2H])([2H])C([2H])([2H])C([2H])([2H])C([2H])([2H])C([2H])([2H])/C=C\C/C=C\C[C@H]1O[C@H]1C/C=C\CCCC(=O)O. The number of hydrogen-bond acceptors (Lipinski definition) is 2. The van der Waals surface area contributed by atoms with Gasteiger partial charge in [-0.05, 0) is 44.8 Å². The van der Waals surface area contributed by atoms with E-state index in [4.69, 9.17) is 24.9 Å². The lowest BCUT2D eigenvalue weighted by Gasteiger charge is -1.91. The minimum Gasteiger partial charge on any atom is -0.481 e. The van der Waals surface area contributed by atoms with Crippen LogP contribution in [-0.4, -0.2) is 23.3 Å². The second kappa shape index (κ2) is 13.1. The maximum Gasteiger partial charge on any atom is 0.303 e. The largest absolute Gasteiger partial charge is 0.481 e. The van der Waals surface area contributed by atoms with Crippen molar-refractivity contribution in [2.45, 2.75) is 83.1 Å². The number of carboxylic acid groups (broad SMARTS) is 1. The predicted octanol–water partition coefficient (Wildman–Crippen LogP) is 5.43. The quantitative estimate of drug-likeness (QED) is 0.262. The van der Waals surface area contributed by atoms with Gasteiger partial charge in [0.15, 0.2) is 0 Å². The molecular formula is C20H32O3. The van der Waals surface area contributed by atoms with Crippen LogP contribution in [0.4, 0.5) is 0 Å². The van der Waals surface area contributed by atoms with E-state index >= 15 is 0 Å². The Labute approximate surface area is 156 Å². The highest BCUT2D eigenvalue weighted by molar-refractivity contribution is 5.66. The van der Waals surface area contributed by atoms with Crippen molar-refractivity contribution in [2.24, 2.45) is 0 Å². The Morgan fingerprint density at radius 2 is 1.87 bits per heavy atom. The van der Waals surface area contributed by atoms with E-state index in [2.05, 4.69) is 0 Å². The first-order valence-corrected chi connectivity index (χ1v) is 7.73. The van der Waals surface area contributed by atoms with Gasteiger partial charge in [0.1, 0.15) is 0 Å². The summed E-state index contributed by atoms with van der Waals surface area (Å²) < 4.78 is 89.4. The smallest absolute Gasteiger partial charge is 0.303 e. The number of carbonyl (C=O) groups is 1. The van der Waals surface area contributed by atoms with Crippen LogP contribution < -0.4 is 0 Å². The highest BCUT2D eigenvalue weighted by Gasteiger charge is 2.35. The third-order valence-electron chi connectivity index (χ3n) is 3.19. The number of allylic oxidation sites excluding steroid dienone is 4. The second-order valence-electron chi connectivity index (χ2n) is 5.07. The van der Waals surface area contributed by atoms with E-state index in [1.54, 1.807) is 6.08 Å². The Morgan fingerprint density at radius 1 is 1.13 bits per heavy atom. The molecule has 0 spiro atoms. The molecule has 0 bridgehead atoms. The van der Waals surface area contributed by atoms with E-state index in [1.165, 1.54) is 6.08 Å². The molecule has 0 aromatic rings. The van der Waals surface area contributed by atoms with Crippen molar-refractivity contribution in [3.8, 4) is 0 Å². The van der Waals surface area contributed by atoms with Crippen LogP contribution in [0.3, 0.4) is 0 Å². The molecule has 0 aromatic heterocycles. The molecule has 130 valence electrons. The molecule has 1 saturated heterocycles. The number of ether oxygens (including phenoxy) is 1. The van der Waals surface area contributed by atoms with E-state index in [9.17, 15) is 4.79 Å². The molecule has 3 nitrogen and oxygen atoms in total. The van der Waals surface area contributed by atoms with Crippen LogP contribution in [0.5, 0.6) is 0 Å². The standard InChI is InChI=1S/C20H32O3/c1-2-3-4-5-6-7-8-9-12-15-18-19(23-18)16-13-10-11-14-17-20(21)22/h6-7,9-10,12-13,18-19H,2-5,8,11,14-17H2,1H3,(H,21,22)/b7-6-,12-9-,13-10-/t18-,19+/m1/s1/i1D3,2D2,3D2,4D2,5D2. The first-order valence-electron chi connectivity index (χ1n) is 13.2. The van der Waals surface area contributed by atoms with Gasteiger partial charge in [-0.25, -0.2) is 0 Å². The molecule has 1 N–H and O–H groups in total. The lowest BCUT2D eigenvalue weighted by Crippen LogP contribution is -1.93. The Bertz CT molecular complexity index is 770. The zero-order valence-electron chi connectivity index (χ0n) is 24.1. The molecule has 0 unspecified atom stereocenters. The third-order valence-corrected chi connectivity index (χ3v) is 3.19. The summed E-state index contributed by atoms with van der Waals surface area (Å²) in [4.78, 5) is 10.4. The van der Waals surface area contributed by atoms with Crippen LogP contribution >= 0.6 is 0 Å². The predicted molar refractivity (Wildman–Crippen MR) is 95.6 cm³/mol. The Kier molecular flexibility index (Phi) is 4.94. The number of hydrogen-bond donors (Lipinski definition) is 1. The minimum absolute atomic E-state index is 0.0545. The van der Waals surface area contributed by atoms with E-state index in [1.807, 2.05) is 18.2 Å². The maximum absolute atomic E-state index is 10.4. The van der Waals surface area contributed by atoms with E-state index in [-0.39, 0.29) is 25.0 Å². The van der Waals surface area contributed by atoms with Gasteiger partial charge in [-0.2, -0.15) is 0 Å². The summed E-state index contributed by atoms with van der Waals surface area (Å²) in [7, 11) is 0. The number of carboxylic acids is 1. The van der Waals surface area contributed by atoms with Crippen LogP contribution in [0.1, 0.15) is 85.9 Å². The molecule has 1 aliphatic heterocycles. The molecular weight excluding hydrogens is 288 g/mol. The fourth-order valence-corrected chi connectivity index (χ4v) is 1.95. The van der Waals surface area contributed by atoms with Crippen LogP contribution in [0.25, 0.3) is 0 Å². The molecule has 1 heterocycles. The van der Waals surface area contributed by atoms with E-state index in [0.717, 1.165) is 12.5 Å². The zero-order chi connectivity index (χ0) is 26.4. The van der Waals surface area contributed by atoms with Crippen molar-refractivity contribution < 1.29 is 29.7 Å².